The van der Waals surface area contributed by atoms with Gasteiger partial charge in [-0.15, -0.1) is 0 Å². The summed E-state index contributed by atoms with van der Waals surface area (Å²) < 4.78 is 3.74. The van der Waals surface area contributed by atoms with Crippen LogP contribution in [0, 0.1) is 0 Å². The molecule has 6 heteroatoms. The molecule has 1 amide bonds. The Labute approximate surface area is 128 Å². The lowest BCUT2D eigenvalue weighted by Crippen LogP contribution is -2.26. The maximum Gasteiger partial charge on any atom is 0.221 e. The fraction of sp³-hybridized carbons (Fsp3) is 0.312. The maximum atomic E-state index is 11.9. The first-order chi connectivity index (χ1) is 10.8. The fourth-order valence-electron chi connectivity index (χ4n) is 2.40. The van der Waals surface area contributed by atoms with Crippen LogP contribution in [0.3, 0.4) is 0 Å². The molecule has 0 fully saturated rings. The molecule has 0 spiro atoms. The first-order valence-electron chi connectivity index (χ1n) is 7.47. The number of para-hydroxylation sites is 1. The molecule has 6 nitrogen and oxygen atoms in total. The average molecular weight is 297 g/mol. The van der Waals surface area contributed by atoms with Gasteiger partial charge in [-0.05, 0) is 18.6 Å². The Morgan fingerprint density at radius 3 is 2.91 bits per heavy atom. The molecule has 0 aliphatic rings. The van der Waals surface area contributed by atoms with Gasteiger partial charge in [0, 0.05) is 37.3 Å². The largest absolute Gasteiger partial charge is 0.356 e. The molecule has 2 aromatic heterocycles. The van der Waals surface area contributed by atoms with Crippen molar-refractivity contribution in [3.63, 3.8) is 0 Å². The summed E-state index contributed by atoms with van der Waals surface area (Å²) in [5, 5.41) is 12.5. The van der Waals surface area contributed by atoms with Gasteiger partial charge in [0.25, 0.3) is 0 Å². The highest BCUT2D eigenvalue weighted by Gasteiger charge is 2.05. The monoisotopic (exact) mass is 297 g/mol. The number of aryl methyl sites for hydroxylation is 2. The minimum absolute atomic E-state index is 0.0556. The average Bonchev–Trinajstić information content (AvgIpc) is 3.19. The number of amides is 1. The summed E-state index contributed by atoms with van der Waals surface area (Å²) in [4.78, 5) is 11.9. The van der Waals surface area contributed by atoms with Crippen LogP contribution >= 0.6 is 0 Å². The Morgan fingerprint density at radius 1 is 1.14 bits per heavy atom. The van der Waals surface area contributed by atoms with E-state index in [-0.39, 0.29) is 5.91 Å². The molecule has 0 bridgehead atoms. The van der Waals surface area contributed by atoms with Gasteiger partial charge in [0.15, 0.2) is 0 Å². The number of hydrogen-bond acceptors (Lipinski definition) is 3. The van der Waals surface area contributed by atoms with E-state index < -0.39 is 0 Å². The molecule has 114 valence electrons. The van der Waals surface area contributed by atoms with Crippen molar-refractivity contribution in [1.82, 2.24) is 24.9 Å². The van der Waals surface area contributed by atoms with Crippen molar-refractivity contribution in [2.24, 2.45) is 0 Å². The number of nitrogens with zero attached hydrogens (tertiary/aromatic N) is 4. The number of fused-ring (bicyclic) bond motifs is 1. The molecule has 3 rings (SSSR count). The second-order valence-corrected chi connectivity index (χ2v) is 5.15. The summed E-state index contributed by atoms with van der Waals surface area (Å²) in [6.45, 7) is 2.08. The van der Waals surface area contributed by atoms with E-state index in [1.165, 1.54) is 0 Å². The highest BCUT2D eigenvalue weighted by atomic mass is 16.1. The van der Waals surface area contributed by atoms with Gasteiger partial charge >= 0.3 is 0 Å². The van der Waals surface area contributed by atoms with Crippen LogP contribution in [-0.4, -0.2) is 32.0 Å². The van der Waals surface area contributed by atoms with Crippen molar-refractivity contribution >= 4 is 16.8 Å². The lowest BCUT2D eigenvalue weighted by Gasteiger charge is -2.06. The molecule has 1 aromatic carbocycles. The van der Waals surface area contributed by atoms with Gasteiger partial charge in [0.2, 0.25) is 5.91 Å². The Morgan fingerprint density at radius 2 is 2.05 bits per heavy atom. The van der Waals surface area contributed by atoms with Crippen LogP contribution in [0.1, 0.15) is 12.8 Å². The first-order valence-corrected chi connectivity index (χ1v) is 7.47. The second-order valence-electron chi connectivity index (χ2n) is 5.15. The number of aromatic nitrogens is 4. The van der Waals surface area contributed by atoms with E-state index in [0.717, 1.165) is 23.9 Å². The lowest BCUT2D eigenvalue weighted by atomic mass is 10.2. The topological polar surface area (TPSA) is 64.7 Å². The highest BCUT2D eigenvalue weighted by Crippen LogP contribution is 2.12. The van der Waals surface area contributed by atoms with Crippen molar-refractivity contribution in [2.75, 3.05) is 6.54 Å². The number of nitrogens with one attached hydrogen (secondary N) is 1. The quantitative estimate of drug-likeness (QED) is 0.677. The predicted octanol–water partition coefficient (Wildman–Crippen LogP) is 1.83. The Balaban J connectivity index is 1.40. The van der Waals surface area contributed by atoms with Gasteiger partial charge < -0.3 is 5.32 Å². The number of benzene rings is 1. The molecule has 0 unspecified atom stereocenters. The zero-order valence-electron chi connectivity index (χ0n) is 12.4. The van der Waals surface area contributed by atoms with E-state index in [9.17, 15) is 4.79 Å². The minimum Gasteiger partial charge on any atom is -0.356 e. The third-order valence-electron chi connectivity index (χ3n) is 3.55. The summed E-state index contributed by atoms with van der Waals surface area (Å²) in [6, 6.07) is 9.90. The molecule has 0 saturated carbocycles. The van der Waals surface area contributed by atoms with Crippen LogP contribution in [-0.2, 0) is 17.9 Å². The highest BCUT2D eigenvalue weighted by molar-refractivity contribution is 5.79. The summed E-state index contributed by atoms with van der Waals surface area (Å²) in [5.41, 5.74) is 1.06. The van der Waals surface area contributed by atoms with Crippen LogP contribution in [0.2, 0.25) is 0 Å². The maximum absolute atomic E-state index is 11.9. The number of carbonyl (C=O) groups is 1. The van der Waals surface area contributed by atoms with Crippen LogP contribution in [0.25, 0.3) is 10.9 Å². The molecule has 0 aliphatic carbocycles. The SMILES string of the molecule is O=C(CCn1ncc2ccccc21)NCCCn1cccn1. The van der Waals surface area contributed by atoms with Crippen LogP contribution in [0.15, 0.2) is 48.9 Å². The third kappa shape index (κ3) is 3.52. The molecular weight excluding hydrogens is 278 g/mol. The zero-order valence-corrected chi connectivity index (χ0v) is 12.4. The summed E-state index contributed by atoms with van der Waals surface area (Å²) in [6.07, 6.45) is 6.82. The summed E-state index contributed by atoms with van der Waals surface area (Å²) in [7, 11) is 0. The normalized spacial score (nSPS) is 10.9. The lowest BCUT2D eigenvalue weighted by molar-refractivity contribution is -0.121. The summed E-state index contributed by atoms with van der Waals surface area (Å²) in [5.74, 6) is 0.0556. The molecule has 1 N–H and O–H groups in total. The van der Waals surface area contributed by atoms with E-state index in [4.69, 9.17) is 0 Å². The van der Waals surface area contributed by atoms with Crippen LogP contribution in [0.5, 0.6) is 0 Å². The van der Waals surface area contributed by atoms with E-state index in [0.29, 0.717) is 19.5 Å². The van der Waals surface area contributed by atoms with Crippen molar-refractivity contribution in [3.8, 4) is 0 Å². The van der Waals surface area contributed by atoms with Gasteiger partial charge in [0.1, 0.15) is 0 Å². The molecule has 22 heavy (non-hydrogen) atoms. The number of carbonyl (C=O) groups excluding carboxylic acids is 1. The van der Waals surface area contributed by atoms with Gasteiger partial charge in [0.05, 0.1) is 18.3 Å². The van der Waals surface area contributed by atoms with E-state index in [1.54, 1.807) is 6.20 Å². The number of hydrogen-bond donors (Lipinski definition) is 1. The van der Waals surface area contributed by atoms with E-state index >= 15 is 0 Å². The molecular formula is C16H19N5O. The molecule has 0 aliphatic heterocycles. The minimum atomic E-state index is 0.0556. The van der Waals surface area contributed by atoms with Gasteiger partial charge in [-0.25, -0.2) is 0 Å². The molecule has 0 saturated heterocycles. The van der Waals surface area contributed by atoms with Gasteiger partial charge in [-0.1, -0.05) is 18.2 Å². The second kappa shape index (κ2) is 6.89. The van der Waals surface area contributed by atoms with Crippen molar-refractivity contribution in [1.29, 1.82) is 0 Å². The first kappa shape index (κ1) is 14.3. The van der Waals surface area contributed by atoms with Gasteiger partial charge in [-0.3, -0.25) is 14.2 Å². The smallest absolute Gasteiger partial charge is 0.221 e. The standard InChI is InChI=1S/C16H19N5O/c22-16(17-8-3-10-20-11-4-9-18-20)7-12-21-15-6-2-1-5-14(15)13-19-21/h1-2,4-6,9,11,13H,3,7-8,10,12H2,(H,17,22). The molecule has 0 radical (unpaired) electrons. The fourth-order valence-corrected chi connectivity index (χ4v) is 2.40. The molecule has 2 heterocycles. The zero-order chi connectivity index (χ0) is 15.2. The predicted molar refractivity (Wildman–Crippen MR) is 84.2 cm³/mol. The van der Waals surface area contributed by atoms with Crippen molar-refractivity contribution < 1.29 is 4.79 Å². The van der Waals surface area contributed by atoms with E-state index in [1.807, 2.05) is 52.1 Å². The van der Waals surface area contributed by atoms with E-state index in [2.05, 4.69) is 15.5 Å². The third-order valence-corrected chi connectivity index (χ3v) is 3.55. The summed E-state index contributed by atoms with van der Waals surface area (Å²) >= 11 is 0. The Bertz CT molecular complexity index is 732. The van der Waals surface area contributed by atoms with Crippen molar-refractivity contribution in [2.45, 2.75) is 25.9 Å². The number of rotatable bonds is 7. The molecule has 0 atom stereocenters. The van der Waals surface area contributed by atoms with Crippen molar-refractivity contribution in [3.05, 3.63) is 48.9 Å². The Kier molecular flexibility index (Phi) is 4.48. The van der Waals surface area contributed by atoms with Crippen LogP contribution in [0.4, 0.5) is 0 Å². The molecule has 3 aromatic rings. The van der Waals surface area contributed by atoms with Gasteiger partial charge in [-0.2, -0.15) is 10.2 Å². The Hall–Kier alpha value is -2.63. The van der Waals surface area contributed by atoms with Crippen LogP contribution < -0.4 is 5.32 Å².